The Labute approximate surface area is 112 Å². The summed E-state index contributed by atoms with van der Waals surface area (Å²) < 4.78 is 0. The van der Waals surface area contributed by atoms with E-state index in [1.807, 2.05) is 11.8 Å². The molecule has 0 aromatic carbocycles. The van der Waals surface area contributed by atoms with Crippen molar-refractivity contribution in [3.05, 3.63) is 10.6 Å². The van der Waals surface area contributed by atoms with Gasteiger partial charge in [0.15, 0.2) is 5.13 Å². The van der Waals surface area contributed by atoms with Gasteiger partial charge in [-0.2, -0.15) is 0 Å². The van der Waals surface area contributed by atoms with Gasteiger partial charge in [0.25, 0.3) is 5.91 Å². The van der Waals surface area contributed by atoms with E-state index >= 15 is 0 Å². The highest BCUT2D eigenvalue weighted by Crippen LogP contribution is 2.31. The predicted molar refractivity (Wildman–Crippen MR) is 74.8 cm³/mol. The molecule has 1 fully saturated rings. The van der Waals surface area contributed by atoms with Crippen molar-refractivity contribution in [1.29, 1.82) is 0 Å². The lowest BCUT2D eigenvalue weighted by Crippen LogP contribution is -2.32. The second kappa shape index (κ2) is 4.88. The molecule has 1 amide bonds. The van der Waals surface area contributed by atoms with Crippen LogP contribution in [0.4, 0.5) is 5.13 Å². The van der Waals surface area contributed by atoms with Crippen molar-refractivity contribution in [2.45, 2.75) is 40.0 Å². The molecule has 0 unspecified atom stereocenters. The minimum absolute atomic E-state index is 0.0967. The molecular formula is C13H21N3OS. The van der Waals surface area contributed by atoms with Crippen LogP contribution in [0.25, 0.3) is 0 Å². The summed E-state index contributed by atoms with van der Waals surface area (Å²) in [5, 5.41) is 0.478. The van der Waals surface area contributed by atoms with Crippen LogP contribution >= 0.6 is 11.3 Å². The molecule has 0 aliphatic carbocycles. The van der Waals surface area contributed by atoms with Crippen molar-refractivity contribution in [2.24, 2.45) is 5.41 Å². The Morgan fingerprint density at radius 3 is 2.72 bits per heavy atom. The number of thiazole rings is 1. The number of hydrogen-bond acceptors (Lipinski definition) is 4. The number of nitrogens with two attached hydrogens (primary N) is 1. The van der Waals surface area contributed by atoms with E-state index in [1.54, 1.807) is 0 Å². The summed E-state index contributed by atoms with van der Waals surface area (Å²) in [5.74, 6) is 0.0967. The first-order valence-electron chi connectivity index (χ1n) is 6.41. The van der Waals surface area contributed by atoms with Crippen LogP contribution in [-0.4, -0.2) is 28.9 Å². The maximum atomic E-state index is 12.4. The van der Waals surface area contributed by atoms with Gasteiger partial charge in [-0.15, -0.1) is 0 Å². The lowest BCUT2D eigenvalue weighted by molar-refractivity contribution is 0.0761. The highest BCUT2D eigenvalue weighted by Gasteiger charge is 2.27. The number of anilines is 1. The van der Waals surface area contributed by atoms with Crippen molar-refractivity contribution in [1.82, 2.24) is 9.88 Å². The molecule has 1 aliphatic rings. The van der Waals surface area contributed by atoms with Crippen molar-refractivity contribution in [3.8, 4) is 0 Å². The third-order valence-electron chi connectivity index (χ3n) is 3.63. The second-order valence-corrected chi connectivity index (χ2v) is 6.81. The number of aromatic nitrogens is 1. The molecule has 100 valence electrons. The standard InChI is InChI=1S/C13H21N3OS/c1-9-10(18-12(14)15-9)11(17)16-7-4-5-13(2,3)6-8-16/h4-8H2,1-3H3,(H2,14,15). The van der Waals surface area contributed by atoms with Crippen molar-refractivity contribution in [3.63, 3.8) is 0 Å². The molecule has 1 aromatic rings. The summed E-state index contributed by atoms with van der Waals surface area (Å²) in [6.45, 7) is 8.08. The summed E-state index contributed by atoms with van der Waals surface area (Å²) in [4.78, 5) is 19.2. The number of nitrogen functional groups attached to an aromatic ring is 1. The van der Waals surface area contributed by atoms with Crippen molar-refractivity contribution in [2.75, 3.05) is 18.8 Å². The van der Waals surface area contributed by atoms with Crippen molar-refractivity contribution >= 4 is 22.4 Å². The van der Waals surface area contributed by atoms with Crippen LogP contribution in [0.1, 0.15) is 48.5 Å². The first-order chi connectivity index (χ1) is 8.39. The summed E-state index contributed by atoms with van der Waals surface area (Å²) in [6, 6.07) is 0. The quantitative estimate of drug-likeness (QED) is 0.851. The van der Waals surface area contributed by atoms with Crippen molar-refractivity contribution < 1.29 is 4.79 Å². The minimum atomic E-state index is 0.0967. The maximum Gasteiger partial charge on any atom is 0.265 e. The van der Waals surface area contributed by atoms with Crippen LogP contribution in [0.15, 0.2) is 0 Å². The van der Waals surface area contributed by atoms with Gasteiger partial charge in [0, 0.05) is 13.1 Å². The number of aryl methyl sites for hydroxylation is 1. The molecule has 0 saturated carbocycles. The number of nitrogens with zero attached hydrogens (tertiary/aromatic N) is 2. The van der Waals surface area contributed by atoms with Gasteiger partial charge in [0.1, 0.15) is 4.88 Å². The number of hydrogen-bond donors (Lipinski definition) is 1. The van der Waals surface area contributed by atoms with Crippen LogP contribution in [0.3, 0.4) is 0 Å². The van der Waals surface area contributed by atoms with E-state index in [0.717, 1.165) is 31.6 Å². The fourth-order valence-corrected chi connectivity index (χ4v) is 3.19. The summed E-state index contributed by atoms with van der Waals surface area (Å²) in [7, 11) is 0. The van der Waals surface area contributed by atoms with Gasteiger partial charge in [0.05, 0.1) is 5.69 Å². The Balaban J connectivity index is 2.12. The SMILES string of the molecule is Cc1nc(N)sc1C(=O)N1CCCC(C)(C)CC1. The average molecular weight is 267 g/mol. The van der Waals surface area contributed by atoms with E-state index in [2.05, 4.69) is 18.8 Å². The minimum Gasteiger partial charge on any atom is -0.375 e. The summed E-state index contributed by atoms with van der Waals surface area (Å²) >= 11 is 1.30. The van der Waals surface area contributed by atoms with Crippen LogP contribution in [0.5, 0.6) is 0 Å². The Hall–Kier alpha value is -1.10. The van der Waals surface area contributed by atoms with Gasteiger partial charge in [-0.05, 0) is 31.6 Å². The number of rotatable bonds is 1. The Bertz CT molecular complexity index is 453. The van der Waals surface area contributed by atoms with E-state index in [-0.39, 0.29) is 5.91 Å². The largest absolute Gasteiger partial charge is 0.375 e. The zero-order valence-electron chi connectivity index (χ0n) is 11.3. The van der Waals surface area contributed by atoms with Gasteiger partial charge in [-0.3, -0.25) is 4.79 Å². The van der Waals surface area contributed by atoms with E-state index < -0.39 is 0 Å². The van der Waals surface area contributed by atoms with E-state index in [0.29, 0.717) is 15.4 Å². The molecule has 1 saturated heterocycles. The third kappa shape index (κ3) is 2.83. The van der Waals surface area contributed by atoms with Crippen LogP contribution in [0.2, 0.25) is 0 Å². The topological polar surface area (TPSA) is 59.2 Å². The first kappa shape index (κ1) is 13.3. The molecule has 0 radical (unpaired) electrons. The van der Waals surface area contributed by atoms with Gasteiger partial charge in [-0.25, -0.2) is 4.98 Å². The lowest BCUT2D eigenvalue weighted by atomic mass is 9.85. The second-order valence-electron chi connectivity index (χ2n) is 5.78. The molecule has 5 heteroatoms. The molecule has 18 heavy (non-hydrogen) atoms. The van der Waals surface area contributed by atoms with E-state index in [9.17, 15) is 4.79 Å². The zero-order valence-corrected chi connectivity index (χ0v) is 12.1. The molecule has 4 nitrogen and oxygen atoms in total. The molecule has 0 bridgehead atoms. The van der Waals surface area contributed by atoms with Gasteiger partial charge in [-0.1, -0.05) is 25.2 Å². The monoisotopic (exact) mass is 267 g/mol. The Morgan fingerprint density at radius 1 is 1.39 bits per heavy atom. The fraction of sp³-hybridized carbons (Fsp3) is 0.692. The first-order valence-corrected chi connectivity index (χ1v) is 7.23. The normalized spacial score (nSPS) is 19.6. The smallest absolute Gasteiger partial charge is 0.265 e. The number of likely N-dealkylation sites (tertiary alicyclic amines) is 1. The molecule has 0 spiro atoms. The van der Waals surface area contributed by atoms with Gasteiger partial charge >= 0.3 is 0 Å². The van der Waals surface area contributed by atoms with Crippen LogP contribution in [0, 0.1) is 12.3 Å². The molecular weight excluding hydrogens is 246 g/mol. The highest BCUT2D eigenvalue weighted by atomic mass is 32.1. The maximum absolute atomic E-state index is 12.4. The number of carbonyl (C=O) groups excluding carboxylic acids is 1. The third-order valence-corrected chi connectivity index (χ3v) is 4.61. The average Bonchev–Trinajstić information content (AvgIpc) is 2.50. The van der Waals surface area contributed by atoms with E-state index in [1.165, 1.54) is 17.8 Å². The molecule has 2 heterocycles. The van der Waals surface area contributed by atoms with E-state index in [4.69, 9.17) is 5.73 Å². The predicted octanol–water partition coefficient (Wildman–Crippen LogP) is 2.69. The molecule has 2 rings (SSSR count). The highest BCUT2D eigenvalue weighted by molar-refractivity contribution is 7.17. The van der Waals surface area contributed by atoms with Crippen LogP contribution < -0.4 is 5.73 Å². The molecule has 2 N–H and O–H groups in total. The Morgan fingerprint density at radius 2 is 2.11 bits per heavy atom. The number of carbonyl (C=O) groups is 1. The number of amides is 1. The van der Waals surface area contributed by atoms with Gasteiger partial charge < -0.3 is 10.6 Å². The Kier molecular flexibility index (Phi) is 3.61. The fourth-order valence-electron chi connectivity index (χ4n) is 2.39. The van der Waals surface area contributed by atoms with Crippen LogP contribution in [-0.2, 0) is 0 Å². The summed E-state index contributed by atoms with van der Waals surface area (Å²) in [5.41, 5.74) is 6.76. The summed E-state index contributed by atoms with van der Waals surface area (Å²) in [6.07, 6.45) is 3.32. The van der Waals surface area contributed by atoms with Gasteiger partial charge in [0.2, 0.25) is 0 Å². The zero-order chi connectivity index (χ0) is 13.3. The molecule has 1 aromatic heterocycles. The lowest BCUT2D eigenvalue weighted by Gasteiger charge is -2.23. The molecule has 1 aliphatic heterocycles. The molecule has 0 atom stereocenters.